The fourth-order valence-corrected chi connectivity index (χ4v) is 3.47. The Kier molecular flexibility index (Phi) is 6.32. The lowest BCUT2D eigenvalue weighted by atomic mass is 10.1. The van der Waals surface area contributed by atoms with Crippen LogP contribution in [0.5, 0.6) is 11.5 Å². The normalized spacial score (nSPS) is 14.7. The van der Waals surface area contributed by atoms with E-state index in [0.29, 0.717) is 18.1 Å². The fourth-order valence-electron chi connectivity index (χ4n) is 3.47. The molecule has 1 fully saturated rings. The highest BCUT2D eigenvalue weighted by atomic mass is 16.6. The van der Waals surface area contributed by atoms with E-state index in [0.717, 1.165) is 4.90 Å². The molecule has 1 N–H and O–H groups in total. The Labute approximate surface area is 198 Å². The number of nitro benzene ring substituents is 1. The number of nitrogens with one attached hydrogen (secondary N) is 1. The van der Waals surface area contributed by atoms with Crippen molar-refractivity contribution in [3.8, 4) is 22.8 Å². The molecule has 0 unspecified atom stereocenters. The van der Waals surface area contributed by atoms with E-state index in [1.54, 1.807) is 25.1 Å². The van der Waals surface area contributed by atoms with Gasteiger partial charge in [-0.15, -0.1) is 0 Å². The van der Waals surface area contributed by atoms with Crippen LogP contribution in [0.25, 0.3) is 17.4 Å². The maximum Gasteiger partial charge on any atom is 0.335 e. The molecular weight excluding hydrogens is 458 g/mol. The zero-order chi connectivity index (χ0) is 25.1. The summed E-state index contributed by atoms with van der Waals surface area (Å²) in [5.74, 6) is -0.644. The zero-order valence-corrected chi connectivity index (χ0v) is 18.6. The first-order chi connectivity index (χ1) is 16.8. The minimum absolute atomic E-state index is 0.0886. The van der Waals surface area contributed by atoms with E-state index in [2.05, 4.69) is 5.32 Å². The number of carbonyl (C=O) groups is 3. The van der Waals surface area contributed by atoms with Gasteiger partial charge in [0.2, 0.25) is 0 Å². The maximum atomic E-state index is 13.0. The zero-order valence-electron chi connectivity index (χ0n) is 18.6. The Bertz CT molecular complexity index is 1360. The number of furan rings is 1. The number of ether oxygens (including phenoxy) is 2. The van der Waals surface area contributed by atoms with Gasteiger partial charge in [-0.1, -0.05) is 0 Å². The van der Waals surface area contributed by atoms with Crippen molar-refractivity contribution in [1.82, 2.24) is 5.32 Å². The lowest BCUT2D eigenvalue weighted by Gasteiger charge is -2.26. The standard InChI is InChI=1S/C24H19N3O8/c1-3-34-16-8-10-18(20(13-16)27(31)32)21-11-9-17(35-21)12-19-22(28)25-24(30)26(23(19)29)14-4-6-15(33-2)7-5-14/h4-13H,3H2,1-2H3,(H,25,28,30)/b19-12-. The highest BCUT2D eigenvalue weighted by molar-refractivity contribution is 6.39. The second kappa shape index (κ2) is 9.51. The number of anilines is 1. The van der Waals surface area contributed by atoms with Gasteiger partial charge in [-0.05, 0) is 61.5 Å². The van der Waals surface area contributed by atoms with Crippen molar-refractivity contribution in [3.63, 3.8) is 0 Å². The number of rotatable bonds is 7. The molecule has 4 rings (SSSR count). The summed E-state index contributed by atoms with van der Waals surface area (Å²) in [6.45, 7) is 2.11. The average Bonchev–Trinajstić information content (AvgIpc) is 3.31. The Balaban J connectivity index is 1.67. The first-order valence-electron chi connectivity index (χ1n) is 10.4. The van der Waals surface area contributed by atoms with Crippen molar-refractivity contribution in [2.75, 3.05) is 18.6 Å². The first-order valence-corrected chi connectivity index (χ1v) is 10.4. The number of nitro groups is 1. The van der Waals surface area contributed by atoms with Crippen LogP contribution < -0.4 is 19.7 Å². The molecule has 0 bridgehead atoms. The Morgan fingerprint density at radius 3 is 2.43 bits per heavy atom. The van der Waals surface area contributed by atoms with Gasteiger partial charge < -0.3 is 13.9 Å². The van der Waals surface area contributed by atoms with Gasteiger partial charge in [0.05, 0.1) is 36.0 Å². The summed E-state index contributed by atoms with van der Waals surface area (Å²) < 4.78 is 16.1. The molecule has 178 valence electrons. The molecule has 0 radical (unpaired) electrons. The second-order valence-corrected chi connectivity index (χ2v) is 7.23. The molecule has 4 amide bonds. The molecule has 1 aromatic heterocycles. The predicted octanol–water partition coefficient (Wildman–Crippen LogP) is 3.93. The fraction of sp³-hybridized carbons (Fsp3) is 0.125. The number of carbonyl (C=O) groups excluding carboxylic acids is 3. The molecule has 11 nitrogen and oxygen atoms in total. The number of hydrogen-bond donors (Lipinski definition) is 1. The number of amides is 4. The minimum atomic E-state index is -0.896. The molecule has 0 saturated carbocycles. The van der Waals surface area contributed by atoms with Crippen molar-refractivity contribution in [2.45, 2.75) is 6.92 Å². The lowest BCUT2D eigenvalue weighted by molar-refractivity contribution is -0.384. The van der Waals surface area contributed by atoms with E-state index in [-0.39, 0.29) is 34.0 Å². The van der Waals surface area contributed by atoms with Crippen LogP contribution in [0.1, 0.15) is 12.7 Å². The summed E-state index contributed by atoms with van der Waals surface area (Å²) in [6.07, 6.45) is 1.17. The largest absolute Gasteiger partial charge is 0.497 e. The molecule has 35 heavy (non-hydrogen) atoms. The summed E-state index contributed by atoms with van der Waals surface area (Å²) >= 11 is 0. The van der Waals surface area contributed by atoms with E-state index in [1.165, 1.54) is 49.6 Å². The number of barbiturate groups is 1. The van der Waals surface area contributed by atoms with E-state index in [1.807, 2.05) is 0 Å². The number of hydrogen-bond acceptors (Lipinski definition) is 8. The van der Waals surface area contributed by atoms with Gasteiger partial charge in [-0.3, -0.25) is 25.0 Å². The summed E-state index contributed by atoms with van der Waals surface area (Å²) in [5, 5.41) is 13.7. The highest BCUT2D eigenvalue weighted by Crippen LogP contribution is 2.35. The highest BCUT2D eigenvalue weighted by Gasteiger charge is 2.37. The number of benzene rings is 2. The summed E-state index contributed by atoms with van der Waals surface area (Å²) in [6, 6.07) is 12.5. The molecule has 0 aliphatic carbocycles. The van der Waals surface area contributed by atoms with Crippen LogP contribution >= 0.6 is 0 Å². The number of imide groups is 2. The molecule has 0 spiro atoms. The predicted molar refractivity (Wildman–Crippen MR) is 124 cm³/mol. The third-order valence-corrected chi connectivity index (χ3v) is 5.09. The third kappa shape index (κ3) is 4.60. The van der Waals surface area contributed by atoms with Crippen LogP contribution in [0.4, 0.5) is 16.2 Å². The van der Waals surface area contributed by atoms with Gasteiger partial charge in [0.1, 0.15) is 28.6 Å². The maximum absolute atomic E-state index is 13.0. The molecule has 11 heteroatoms. The summed E-state index contributed by atoms with van der Waals surface area (Å²) in [5.41, 5.74) is -0.149. The van der Waals surface area contributed by atoms with Gasteiger partial charge in [-0.2, -0.15) is 0 Å². The first kappa shape index (κ1) is 23.2. The Hall–Kier alpha value is -4.93. The lowest BCUT2D eigenvalue weighted by Crippen LogP contribution is -2.54. The van der Waals surface area contributed by atoms with Crippen molar-refractivity contribution in [3.05, 3.63) is 76.0 Å². The van der Waals surface area contributed by atoms with Crippen molar-refractivity contribution >= 4 is 35.3 Å². The number of methoxy groups -OCH3 is 1. The van der Waals surface area contributed by atoms with Gasteiger partial charge in [0.25, 0.3) is 17.5 Å². The summed E-state index contributed by atoms with van der Waals surface area (Å²) in [4.78, 5) is 49.6. The molecule has 2 aromatic carbocycles. The molecule has 2 heterocycles. The van der Waals surface area contributed by atoms with Crippen LogP contribution in [0.3, 0.4) is 0 Å². The van der Waals surface area contributed by atoms with Crippen molar-refractivity contribution in [1.29, 1.82) is 0 Å². The van der Waals surface area contributed by atoms with Crippen LogP contribution in [0, 0.1) is 10.1 Å². The van der Waals surface area contributed by atoms with Crippen LogP contribution in [-0.2, 0) is 9.59 Å². The number of nitrogens with zero attached hydrogens (tertiary/aromatic N) is 2. The van der Waals surface area contributed by atoms with Gasteiger partial charge >= 0.3 is 6.03 Å². The van der Waals surface area contributed by atoms with E-state index < -0.39 is 22.8 Å². The smallest absolute Gasteiger partial charge is 0.335 e. The topological polar surface area (TPSA) is 141 Å². The van der Waals surface area contributed by atoms with Crippen molar-refractivity contribution < 1.29 is 33.2 Å². The van der Waals surface area contributed by atoms with Gasteiger partial charge in [0, 0.05) is 0 Å². The molecule has 0 atom stereocenters. The van der Waals surface area contributed by atoms with Gasteiger partial charge in [-0.25, -0.2) is 9.69 Å². The SMILES string of the molecule is CCOc1ccc(-c2ccc(/C=C3/C(=O)NC(=O)N(c4ccc(OC)cc4)C3=O)o2)c([N+](=O)[O-])c1. The van der Waals surface area contributed by atoms with E-state index >= 15 is 0 Å². The minimum Gasteiger partial charge on any atom is -0.497 e. The van der Waals surface area contributed by atoms with Crippen molar-refractivity contribution in [2.24, 2.45) is 0 Å². The molecule has 1 saturated heterocycles. The third-order valence-electron chi connectivity index (χ3n) is 5.09. The molecule has 1 aliphatic heterocycles. The Morgan fingerprint density at radius 1 is 1.06 bits per heavy atom. The monoisotopic (exact) mass is 477 g/mol. The quantitative estimate of drug-likeness (QED) is 0.234. The second-order valence-electron chi connectivity index (χ2n) is 7.23. The molecule has 1 aliphatic rings. The molecule has 3 aromatic rings. The van der Waals surface area contributed by atoms with Gasteiger partial charge in [0.15, 0.2) is 0 Å². The van der Waals surface area contributed by atoms with Crippen LogP contribution in [0.15, 0.2) is 64.6 Å². The number of urea groups is 1. The van der Waals surface area contributed by atoms with Crippen LogP contribution in [0.2, 0.25) is 0 Å². The van der Waals surface area contributed by atoms with E-state index in [9.17, 15) is 24.5 Å². The van der Waals surface area contributed by atoms with E-state index in [4.69, 9.17) is 13.9 Å². The average molecular weight is 477 g/mol. The Morgan fingerprint density at radius 2 is 1.77 bits per heavy atom. The summed E-state index contributed by atoms with van der Waals surface area (Å²) in [7, 11) is 1.48. The van der Waals surface area contributed by atoms with Crippen LogP contribution in [-0.4, -0.2) is 36.5 Å². The molecular formula is C24H19N3O8.